The molecule has 1 heterocycles. The van der Waals surface area contributed by atoms with Crippen LogP contribution in [0.5, 0.6) is 0 Å². The molecule has 0 bridgehead atoms. The van der Waals surface area contributed by atoms with E-state index in [4.69, 9.17) is 0 Å². The van der Waals surface area contributed by atoms with E-state index in [1.807, 2.05) is 27.7 Å². The van der Waals surface area contributed by atoms with E-state index in [0.717, 1.165) is 0 Å². The topological polar surface area (TPSA) is 73.6 Å². The van der Waals surface area contributed by atoms with E-state index in [-0.39, 0.29) is 29.8 Å². The Morgan fingerprint density at radius 2 is 1.52 bits per heavy atom. The first kappa shape index (κ1) is 19.5. The molecule has 0 atom stereocenters. The molecule has 136 valence electrons. The van der Waals surface area contributed by atoms with Crippen molar-refractivity contribution in [2.75, 3.05) is 0 Å². The Kier molecular flexibility index (Phi) is 5.62. The molecule has 0 aliphatic carbocycles. The summed E-state index contributed by atoms with van der Waals surface area (Å²) < 4.78 is 13.4. The standard InChI is InChI=1S/C20H26FNO3/c1-11(2)18-15(10-23)16(13-6-8-14(21)9-7-13)17(20(5,24)25)19(22-18)12(3)4/h6-9,11-12,23-25H,10H2,1-5H3. The molecule has 0 aliphatic rings. The summed E-state index contributed by atoms with van der Waals surface area (Å²) in [5, 5.41) is 30.9. The van der Waals surface area contributed by atoms with Gasteiger partial charge in [0.1, 0.15) is 5.82 Å². The lowest BCUT2D eigenvalue weighted by molar-refractivity contribution is -0.153. The summed E-state index contributed by atoms with van der Waals surface area (Å²) in [6, 6.07) is 5.79. The summed E-state index contributed by atoms with van der Waals surface area (Å²) in [7, 11) is 0. The quantitative estimate of drug-likeness (QED) is 0.720. The molecule has 0 spiro atoms. The van der Waals surface area contributed by atoms with E-state index in [9.17, 15) is 19.7 Å². The first-order chi connectivity index (χ1) is 11.6. The lowest BCUT2D eigenvalue weighted by atomic mass is 9.84. The second kappa shape index (κ2) is 7.20. The van der Waals surface area contributed by atoms with E-state index in [2.05, 4.69) is 4.98 Å². The maximum absolute atomic E-state index is 13.4. The molecule has 1 aromatic carbocycles. The first-order valence-corrected chi connectivity index (χ1v) is 8.46. The van der Waals surface area contributed by atoms with Gasteiger partial charge in [-0.1, -0.05) is 39.8 Å². The highest BCUT2D eigenvalue weighted by molar-refractivity contribution is 5.74. The average molecular weight is 347 g/mol. The molecule has 3 N–H and O–H groups in total. The molecule has 25 heavy (non-hydrogen) atoms. The number of hydrogen-bond acceptors (Lipinski definition) is 4. The summed E-state index contributed by atoms with van der Waals surface area (Å²) in [6.45, 7) is 8.77. The van der Waals surface area contributed by atoms with Gasteiger partial charge in [-0.3, -0.25) is 4.98 Å². The maximum Gasteiger partial charge on any atom is 0.189 e. The van der Waals surface area contributed by atoms with Gasteiger partial charge in [-0.2, -0.15) is 0 Å². The minimum atomic E-state index is -2.14. The normalized spacial score (nSPS) is 12.3. The van der Waals surface area contributed by atoms with Gasteiger partial charge in [0.15, 0.2) is 5.79 Å². The Bertz CT molecular complexity index is 747. The van der Waals surface area contributed by atoms with Crippen LogP contribution in [-0.4, -0.2) is 20.3 Å². The first-order valence-electron chi connectivity index (χ1n) is 8.46. The largest absolute Gasteiger partial charge is 0.392 e. The highest BCUT2D eigenvalue weighted by Gasteiger charge is 2.32. The molecule has 0 fully saturated rings. The fraction of sp³-hybridized carbons (Fsp3) is 0.450. The van der Waals surface area contributed by atoms with E-state index < -0.39 is 5.79 Å². The lowest BCUT2D eigenvalue weighted by Gasteiger charge is -2.29. The molecule has 2 rings (SSSR count). The summed E-state index contributed by atoms with van der Waals surface area (Å²) in [4.78, 5) is 4.66. The predicted molar refractivity (Wildman–Crippen MR) is 95.5 cm³/mol. The van der Waals surface area contributed by atoms with Gasteiger partial charge in [0.2, 0.25) is 0 Å². The van der Waals surface area contributed by atoms with Crippen LogP contribution in [0.3, 0.4) is 0 Å². The van der Waals surface area contributed by atoms with Crippen LogP contribution in [0.1, 0.15) is 69.0 Å². The van der Waals surface area contributed by atoms with Crippen molar-refractivity contribution < 1.29 is 19.7 Å². The van der Waals surface area contributed by atoms with Crippen molar-refractivity contribution in [3.63, 3.8) is 0 Å². The Balaban J connectivity index is 3.00. The number of nitrogens with zero attached hydrogens (tertiary/aromatic N) is 1. The summed E-state index contributed by atoms with van der Waals surface area (Å²) in [5.41, 5.74) is 3.18. The number of halogens is 1. The highest BCUT2D eigenvalue weighted by atomic mass is 19.1. The fourth-order valence-electron chi connectivity index (χ4n) is 3.13. The van der Waals surface area contributed by atoms with Crippen molar-refractivity contribution in [2.45, 2.75) is 58.8 Å². The fourth-order valence-corrected chi connectivity index (χ4v) is 3.13. The van der Waals surface area contributed by atoms with E-state index in [1.165, 1.54) is 19.1 Å². The summed E-state index contributed by atoms with van der Waals surface area (Å²) in [5.74, 6) is -2.54. The van der Waals surface area contributed by atoms with Gasteiger partial charge in [-0.15, -0.1) is 0 Å². The number of aliphatic hydroxyl groups excluding tert-OH is 1. The van der Waals surface area contributed by atoms with Gasteiger partial charge in [-0.25, -0.2) is 4.39 Å². The van der Waals surface area contributed by atoms with Crippen molar-refractivity contribution in [3.8, 4) is 11.1 Å². The molecule has 1 aromatic heterocycles. The maximum atomic E-state index is 13.4. The highest BCUT2D eigenvalue weighted by Crippen LogP contribution is 2.40. The monoisotopic (exact) mass is 347 g/mol. The van der Waals surface area contributed by atoms with Crippen molar-refractivity contribution in [1.82, 2.24) is 4.98 Å². The third-order valence-electron chi connectivity index (χ3n) is 4.22. The van der Waals surface area contributed by atoms with Crippen LogP contribution in [0.15, 0.2) is 24.3 Å². The van der Waals surface area contributed by atoms with E-state index in [1.54, 1.807) is 12.1 Å². The number of aromatic nitrogens is 1. The zero-order valence-corrected chi connectivity index (χ0v) is 15.3. The van der Waals surface area contributed by atoms with Crippen molar-refractivity contribution in [1.29, 1.82) is 0 Å². The van der Waals surface area contributed by atoms with Gasteiger partial charge in [-0.05, 0) is 42.0 Å². The molecule has 0 radical (unpaired) electrons. The van der Waals surface area contributed by atoms with Crippen LogP contribution in [0.25, 0.3) is 11.1 Å². The number of rotatable bonds is 5. The third-order valence-corrected chi connectivity index (χ3v) is 4.22. The Morgan fingerprint density at radius 1 is 1.00 bits per heavy atom. The molecule has 2 aromatic rings. The summed E-state index contributed by atoms with van der Waals surface area (Å²) in [6.07, 6.45) is 0. The van der Waals surface area contributed by atoms with Gasteiger partial charge >= 0.3 is 0 Å². The zero-order valence-electron chi connectivity index (χ0n) is 15.3. The van der Waals surface area contributed by atoms with Crippen LogP contribution in [0.2, 0.25) is 0 Å². The number of hydrogen-bond donors (Lipinski definition) is 3. The molecular formula is C20H26FNO3. The smallest absolute Gasteiger partial charge is 0.189 e. The zero-order chi connectivity index (χ0) is 18.9. The summed E-state index contributed by atoms with van der Waals surface area (Å²) >= 11 is 0. The number of aliphatic hydroxyl groups is 3. The number of benzene rings is 1. The van der Waals surface area contributed by atoms with Crippen molar-refractivity contribution >= 4 is 0 Å². The van der Waals surface area contributed by atoms with Crippen molar-refractivity contribution in [3.05, 3.63) is 52.6 Å². The van der Waals surface area contributed by atoms with Crippen LogP contribution >= 0.6 is 0 Å². The van der Waals surface area contributed by atoms with Gasteiger partial charge in [0.25, 0.3) is 0 Å². The molecule has 0 saturated heterocycles. The predicted octanol–water partition coefficient (Wildman–Crippen LogP) is 3.78. The SMILES string of the molecule is CC(C)c1nc(C(C)C)c(C(C)(O)O)c(-c2ccc(F)cc2)c1CO. The lowest BCUT2D eigenvalue weighted by Crippen LogP contribution is -2.26. The van der Waals surface area contributed by atoms with Crippen LogP contribution in [-0.2, 0) is 12.4 Å². The van der Waals surface area contributed by atoms with Crippen LogP contribution < -0.4 is 0 Å². The Hall–Kier alpha value is -1.82. The molecule has 0 aliphatic heterocycles. The second-order valence-electron chi connectivity index (χ2n) is 7.11. The van der Waals surface area contributed by atoms with E-state index >= 15 is 0 Å². The molecule has 0 unspecified atom stereocenters. The molecular weight excluding hydrogens is 321 g/mol. The van der Waals surface area contributed by atoms with E-state index in [0.29, 0.717) is 28.1 Å². The van der Waals surface area contributed by atoms with Gasteiger partial charge in [0.05, 0.1) is 12.3 Å². The second-order valence-corrected chi connectivity index (χ2v) is 7.11. The Morgan fingerprint density at radius 3 is 1.92 bits per heavy atom. The van der Waals surface area contributed by atoms with Gasteiger partial charge < -0.3 is 15.3 Å². The third kappa shape index (κ3) is 3.89. The van der Waals surface area contributed by atoms with Gasteiger partial charge in [0, 0.05) is 16.8 Å². The Labute approximate surface area is 148 Å². The molecule has 0 amide bonds. The molecule has 4 nitrogen and oxygen atoms in total. The molecule has 5 heteroatoms. The van der Waals surface area contributed by atoms with Crippen LogP contribution in [0, 0.1) is 5.82 Å². The minimum absolute atomic E-state index is 0.0385. The average Bonchev–Trinajstić information content (AvgIpc) is 2.52. The number of pyridine rings is 1. The molecule has 0 saturated carbocycles. The van der Waals surface area contributed by atoms with Crippen molar-refractivity contribution in [2.24, 2.45) is 0 Å². The minimum Gasteiger partial charge on any atom is -0.392 e. The van der Waals surface area contributed by atoms with Crippen LogP contribution in [0.4, 0.5) is 4.39 Å².